The fourth-order valence-corrected chi connectivity index (χ4v) is 1.56. The molecule has 0 spiro atoms. The Morgan fingerprint density at radius 1 is 1.37 bits per heavy atom. The molecule has 0 atom stereocenters. The van der Waals surface area contributed by atoms with Gasteiger partial charge < -0.3 is 10.1 Å². The van der Waals surface area contributed by atoms with Gasteiger partial charge in [-0.2, -0.15) is 4.98 Å². The third-order valence-corrected chi connectivity index (χ3v) is 2.63. The molecule has 2 rings (SSSR count). The lowest BCUT2D eigenvalue weighted by Crippen LogP contribution is -1.95. The Bertz CT molecular complexity index is 619. The van der Waals surface area contributed by atoms with E-state index in [-0.39, 0.29) is 16.5 Å². The van der Waals surface area contributed by atoms with E-state index < -0.39 is 4.92 Å². The summed E-state index contributed by atoms with van der Waals surface area (Å²) in [5.41, 5.74) is -0.0934. The minimum Gasteiger partial charge on any atom is -0.437 e. The van der Waals surface area contributed by atoms with Crippen molar-refractivity contribution in [1.29, 1.82) is 0 Å². The number of ether oxygens (including phenoxy) is 1. The molecule has 0 aliphatic carbocycles. The number of benzene rings is 1. The molecule has 0 saturated carbocycles. The van der Waals surface area contributed by atoms with Crippen LogP contribution in [0.25, 0.3) is 0 Å². The molecule has 1 heterocycles. The highest BCUT2D eigenvalue weighted by Gasteiger charge is 2.12. The van der Waals surface area contributed by atoms with E-state index in [2.05, 4.69) is 10.3 Å². The first-order valence-corrected chi connectivity index (χ1v) is 5.74. The first kappa shape index (κ1) is 13.1. The van der Waals surface area contributed by atoms with Crippen molar-refractivity contribution in [3.63, 3.8) is 0 Å². The fourth-order valence-electron chi connectivity index (χ4n) is 1.41. The van der Waals surface area contributed by atoms with Gasteiger partial charge in [-0.25, -0.2) is 0 Å². The van der Waals surface area contributed by atoms with Crippen molar-refractivity contribution < 1.29 is 9.66 Å². The molecule has 0 aliphatic rings. The molecular formula is C12H10ClN3O3. The van der Waals surface area contributed by atoms with Crippen molar-refractivity contribution in [3.05, 3.63) is 51.5 Å². The molecule has 1 aromatic carbocycles. The van der Waals surface area contributed by atoms with Crippen molar-refractivity contribution in [2.45, 2.75) is 0 Å². The number of nitrogens with one attached hydrogen (secondary N) is 1. The number of rotatable bonds is 4. The first-order valence-electron chi connectivity index (χ1n) is 5.37. The molecule has 0 aliphatic heterocycles. The summed E-state index contributed by atoms with van der Waals surface area (Å²) in [6, 6.07) is 9.14. The van der Waals surface area contributed by atoms with E-state index in [0.29, 0.717) is 11.7 Å². The second-order valence-corrected chi connectivity index (χ2v) is 3.99. The lowest BCUT2D eigenvalue weighted by Gasteiger charge is -2.07. The molecule has 19 heavy (non-hydrogen) atoms. The van der Waals surface area contributed by atoms with Gasteiger partial charge >= 0.3 is 0 Å². The molecule has 1 N–H and O–H groups in total. The fraction of sp³-hybridized carbons (Fsp3) is 0.0833. The van der Waals surface area contributed by atoms with Crippen molar-refractivity contribution in [2.75, 3.05) is 12.4 Å². The Morgan fingerprint density at radius 2 is 2.16 bits per heavy atom. The normalized spacial score (nSPS) is 10.0. The van der Waals surface area contributed by atoms with E-state index in [1.165, 1.54) is 18.2 Å². The molecule has 0 bridgehead atoms. The van der Waals surface area contributed by atoms with Crippen molar-refractivity contribution in [2.24, 2.45) is 0 Å². The molecule has 0 unspecified atom stereocenters. The van der Waals surface area contributed by atoms with Gasteiger partial charge in [0.25, 0.3) is 5.69 Å². The summed E-state index contributed by atoms with van der Waals surface area (Å²) in [7, 11) is 1.73. The predicted molar refractivity (Wildman–Crippen MR) is 72.0 cm³/mol. The molecule has 98 valence electrons. The maximum absolute atomic E-state index is 10.7. The Kier molecular flexibility index (Phi) is 3.82. The molecule has 6 nitrogen and oxygen atoms in total. The Balaban J connectivity index is 2.31. The van der Waals surface area contributed by atoms with Crippen LogP contribution in [0.3, 0.4) is 0 Å². The topological polar surface area (TPSA) is 77.3 Å². The highest BCUT2D eigenvalue weighted by Crippen LogP contribution is 2.32. The van der Waals surface area contributed by atoms with E-state index in [1.807, 2.05) is 0 Å². The summed E-state index contributed by atoms with van der Waals surface area (Å²) >= 11 is 5.93. The number of nitro benzene ring substituents is 1. The summed E-state index contributed by atoms with van der Waals surface area (Å²) in [6.07, 6.45) is 0. The summed E-state index contributed by atoms with van der Waals surface area (Å²) < 4.78 is 5.45. The zero-order valence-electron chi connectivity index (χ0n) is 9.96. The lowest BCUT2D eigenvalue weighted by molar-refractivity contribution is -0.384. The number of aromatic nitrogens is 1. The number of nitro groups is 1. The van der Waals surface area contributed by atoms with E-state index >= 15 is 0 Å². The zero-order valence-corrected chi connectivity index (χ0v) is 10.7. The molecule has 0 saturated heterocycles. The van der Waals surface area contributed by atoms with Crippen molar-refractivity contribution >= 4 is 23.1 Å². The average Bonchev–Trinajstić information content (AvgIpc) is 2.41. The van der Waals surface area contributed by atoms with Crippen LogP contribution < -0.4 is 10.1 Å². The average molecular weight is 280 g/mol. The van der Waals surface area contributed by atoms with Crippen LogP contribution in [0.1, 0.15) is 0 Å². The summed E-state index contributed by atoms with van der Waals surface area (Å²) in [6.45, 7) is 0. The van der Waals surface area contributed by atoms with Crippen LogP contribution in [0, 0.1) is 10.1 Å². The second kappa shape index (κ2) is 5.53. The molecular weight excluding hydrogens is 270 g/mol. The van der Waals surface area contributed by atoms with Gasteiger partial charge in [-0.15, -0.1) is 0 Å². The highest BCUT2D eigenvalue weighted by molar-refractivity contribution is 6.32. The molecule has 1 aromatic heterocycles. The largest absolute Gasteiger partial charge is 0.437 e. The van der Waals surface area contributed by atoms with E-state index in [0.717, 1.165) is 0 Å². The SMILES string of the molecule is CNc1cccc(Oc2cc([N+](=O)[O-])ccc2Cl)n1. The number of hydrogen-bond donors (Lipinski definition) is 1. The number of anilines is 1. The van der Waals surface area contributed by atoms with Gasteiger partial charge in [-0.1, -0.05) is 17.7 Å². The first-order chi connectivity index (χ1) is 9.10. The maximum Gasteiger partial charge on any atom is 0.273 e. The van der Waals surface area contributed by atoms with Gasteiger partial charge in [0.2, 0.25) is 5.88 Å². The predicted octanol–water partition coefficient (Wildman–Crippen LogP) is 3.48. The van der Waals surface area contributed by atoms with Gasteiger partial charge in [0.05, 0.1) is 16.0 Å². The van der Waals surface area contributed by atoms with E-state index in [4.69, 9.17) is 16.3 Å². The number of halogens is 1. The molecule has 0 amide bonds. The van der Waals surface area contributed by atoms with E-state index in [1.54, 1.807) is 25.2 Å². The molecule has 0 fully saturated rings. The summed E-state index contributed by atoms with van der Waals surface area (Å²) in [5, 5.41) is 13.8. The van der Waals surface area contributed by atoms with Gasteiger partial charge in [0, 0.05) is 19.2 Å². The van der Waals surface area contributed by atoms with Crippen molar-refractivity contribution in [1.82, 2.24) is 4.98 Å². The standard InChI is InChI=1S/C12H10ClN3O3/c1-14-11-3-2-4-12(15-11)19-10-7-8(16(17)18)5-6-9(10)13/h2-7H,1H3,(H,14,15). The van der Waals surface area contributed by atoms with Crippen LogP contribution in [0.5, 0.6) is 11.6 Å². The number of hydrogen-bond acceptors (Lipinski definition) is 5. The number of nitrogens with zero attached hydrogens (tertiary/aromatic N) is 2. The molecule has 0 radical (unpaired) electrons. The summed E-state index contributed by atoms with van der Waals surface area (Å²) in [4.78, 5) is 14.3. The van der Waals surface area contributed by atoms with Crippen LogP contribution in [0.15, 0.2) is 36.4 Å². The van der Waals surface area contributed by atoms with Crippen LogP contribution in [0.4, 0.5) is 11.5 Å². The van der Waals surface area contributed by atoms with Gasteiger partial charge in [0.1, 0.15) is 5.82 Å². The minimum atomic E-state index is -0.513. The Labute approximate surface area is 114 Å². The zero-order chi connectivity index (χ0) is 13.8. The Hall–Kier alpha value is -2.34. The smallest absolute Gasteiger partial charge is 0.273 e. The highest BCUT2D eigenvalue weighted by atomic mass is 35.5. The lowest BCUT2D eigenvalue weighted by atomic mass is 10.3. The van der Waals surface area contributed by atoms with Crippen LogP contribution in [-0.2, 0) is 0 Å². The monoisotopic (exact) mass is 279 g/mol. The number of pyridine rings is 1. The van der Waals surface area contributed by atoms with Crippen LogP contribution in [0.2, 0.25) is 5.02 Å². The quantitative estimate of drug-likeness (QED) is 0.685. The molecule has 2 aromatic rings. The summed E-state index contributed by atoms with van der Waals surface area (Å²) in [5.74, 6) is 1.12. The van der Waals surface area contributed by atoms with Crippen LogP contribution in [-0.4, -0.2) is 17.0 Å². The maximum atomic E-state index is 10.7. The van der Waals surface area contributed by atoms with Gasteiger partial charge in [-0.3, -0.25) is 10.1 Å². The molecule has 7 heteroatoms. The minimum absolute atomic E-state index is 0.0934. The second-order valence-electron chi connectivity index (χ2n) is 3.58. The van der Waals surface area contributed by atoms with Crippen molar-refractivity contribution in [3.8, 4) is 11.6 Å². The number of non-ortho nitro benzene ring substituents is 1. The third kappa shape index (κ3) is 3.11. The van der Waals surface area contributed by atoms with Gasteiger partial charge in [-0.05, 0) is 12.1 Å². The van der Waals surface area contributed by atoms with Crippen LogP contribution >= 0.6 is 11.6 Å². The van der Waals surface area contributed by atoms with Gasteiger partial charge in [0.15, 0.2) is 5.75 Å². The third-order valence-electron chi connectivity index (χ3n) is 2.32. The van der Waals surface area contributed by atoms with E-state index in [9.17, 15) is 10.1 Å². The Morgan fingerprint density at radius 3 is 2.84 bits per heavy atom.